The Hall–Kier alpha value is -3.02. The van der Waals surface area contributed by atoms with E-state index < -0.39 is 0 Å². The van der Waals surface area contributed by atoms with Crippen LogP contribution >= 0.6 is 0 Å². The predicted molar refractivity (Wildman–Crippen MR) is 135 cm³/mol. The molecule has 2 aliphatic carbocycles. The maximum absolute atomic E-state index is 12.9. The van der Waals surface area contributed by atoms with Gasteiger partial charge in [-0.2, -0.15) is 0 Å². The van der Waals surface area contributed by atoms with Crippen LogP contribution in [-0.2, 0) is 4.79 Å². The summed E-state index contributed by atoms with van der Waals surface area (Å²) in [4.78, 5) is 38.1. The molecule has 0 atom stereocenters. The van der Waals surface area contributed by atoms with Crippen molar-refractivity contribution in [3.05, 3.63) is 42.1 Å². The van der Waals surface area contributed by atoms with Gasteiger partial charge in [0.05, 0.1) is 17.2 Å². The number of ketones is 1. The number of hydrogen-bond acceptors (Lipinski definition) is 4. The number of carbonyl (C=O) groups is 2. The van der Waals surface area contributed by atoms with Crippen molar-refractivity contribution in [1.82, 2.24) is 15.0 Å². The number of carbonyl (C=O) groups excluding carboxylic acids is 2. The second-order valence-electron chi connectivity index (χ2n) is 9.98. The number of amides is 1. The van der Waals surface area contributed by atoms with Gasteiger partial charge in [-0.05, 0) is 25.7 Å². The minimum absolute atomic E-state index is 0.0680. The van der Waals surface area contributed by atoms with Gasteiger partial charge >= 0.3 is 0 Å². The van der Waals surface area contributed by atoms with Gasteiger partial charge in [-0.15, -0.1) is 0 Å². The number of imidazole rings is 1. The Morgan fingerprint density at radius 1 is 0.824 bits per heavy atom. The van der Waals surface area contributed by atoms with E-state index in [0.717, 1.165) is 79.4 Å². The Bertz CT molecular complexity index is 1130. The second kappa shape index (κ2) is 10.5. The number of fused-ring (bicyclic) bond motifs is 1. The van der Waals surface area contributed by atoms with Gasteiger partial charge in [-0.25, -0.2) is 9.97 Å². The third-order valence-corrected chi connectivity index (χ3v) is 7.51. The van der Waals surface area contributed by atoms with E-state index in [4.69, 9.17) is 4.98 Å². The summed E-state index contributed by atoms with van der Waals surface area (Å²) in [7, 11) is 0. The van der Waals surface area contributed by atoms with Crippen LogP contribution in [0, 0.1) is 11.8 Å². The summed E-state index contributed by atoms with van der Waals surface area (Å²) in [5.41, 5.74) is 3.30. The van der Waals surface area contributed by atoms with Crippen molar-refractivity contribution in [2.75, 3.05) is 5.32 Å². The smallest absolute Gasteiger partial charge is 0.228 e. The number of aromatic amines is 1. The molecule has 2 saturated carbocycles. The number of H-pyrrole nitrogens is 1. The monoisotopic (exact) mass is 458 g/mol. The predicted octanol–water partition coefficient (Wildman–Crippen LogP) is 6.69. The lowest BCUT2D eigenvalue weighted by Gasteiger charge is -2.13. The van der Waals surface area contributed by atoms with Crippen molar-refractivity contribution in [3.8, 4) is 11.4 Å². The molecule has 0 unspecified atom stereocenters. The number of nitrogens with one attached hydrogen (secondary N) is 2. The summed E-state index contributed by atoms with van der Waals surface area (Å²) in [6.45, 7) is 0. The Kier molecular flexibility index (Phi) is 7.02. The number of rotatable bonds is 5. The van der Waals surface area contributed by atoms with Crippen LogP contribution < -0.4 is 5.32 Å². The van der Waals surface area contributed by atoms with Gasteiger partial charge in [0, 0.05) is 29.0 Å². The molecule has 178 valence electrons. The first-order chi connectivity index (χ1) is 16.7. The van der Waals surface area contributed by atoms with E-state index in [-0.39, 0.29) is 23.5 Å². The molecule has 1 aromatic carbocycles. The third-order valence-electron chi connectivity index (χ3n) is 7.51. The fraction of sp³-hybridized carbons (Fsp3) is 0.500. The molecule has 34 heavy (non-hydrogen) atoms. The highest BCUT2D eigenvalue weighted by molar-refractivity contribution is 5.98. The number of aromatic nitrogens is 3. The fourth-order valence-electron chi connectivity index (χ4n) is 5.45. The number of nitrogens with zero attached hydrogens (tertiary/aromatic N) is 2. The SMILES string of the molecule is O=C(Nc1cc2nc(-c3ccc(C(=O)C4CCCCCC4)cc3)[nH]c2cn1)C1CCCCCC1. The molecular formula is C28H34N4O2. The fourth-order valence-corrected chi connectivity index (χ4v) is 5.45. The van der Waals surface area contributed by atoms with Crippen molar-refractivity contribution < 1.29 is 9.59 Å². The van der Waals surface area contributed by atoms with E-state index in [1.807, 2.05) is 30.3 Å². The zero-order valence-corrected chi connectivity index (χ0v) is 19.8. The van der Waals surface area contributed by atoms with Crippen LogP contribution in [0.2, 0.25) is 0 Å². The molecule has 6 heteroatoms. The number of anilines is 1. The van der Waals surface area contributed by atoms with E-state index in [0.29, 0.717) is 5.82 Å². The van der Waals surface area contributed by atoms with Crippen LogP contribution in [0.3, 0.4) is 0 Å². The van der Waals surface area contributed by atoms with Crippen molar-refractivity contribution in [2.24, 2.45) is 11.8 Å². The summed E-state index contributed by atoms with van der Waals surface area (Å²) < 4.78 is 0. The standard InChI is InChI=1S/C28H34N4O2/c33-26(19-9-5-1-2-6-10-19)20-13-15-21(16-14-20)27-30-23-17-25(29-18-24(23)31-27)32-28(34)22-11-7-3-4-8-12-22/h13-19,22H,1-12H2,(H,30,31)(H,29,32,34). The molecule has 2 heterocycles. The van der Waals surface area contributed by atoms with E-state index in [2.05, 4.69) is 15.3 Å². The molecule has 6 nitrogen and oxygen atoms in total. The number of Topliss-reactive ketones (excluding diaryl/α,β-unsaturated/α-hetero) is 1. The van der Waals surface area contributed by atoms with Gasteiger partial charge in [0.2, 0.25) is 5.91 Å². The highest BCUT2D eigenvalue weighted by Gasteiger charge is 2.22. The number of pyridine rings is 1. The lowest BCUT2D eigenvalue weighted by atomic mass is 9.91. The Morgan fingerprint density at radius 2 is 1.44 bits per heavy atom. The van der Waals surface area contributed by atoms with Gasteiger partial charge < -0.3 is 10.3 Å². The molecule has 2 N–H and O–H groups in total. The molecule has 1 amide bonds. The largest absolute Gasteiger partial charge is 0.337 e. The molecule has 0 radical (unpaired) electrons. The highest BCUT2D eigenvalue weighted by Crippen LogP contribution is 2.28. The van der Waals surface area contributed by atoms with Crippen LogP contribution in [0.15, 0.2) is 36.5 Å². The summed E-state index contributed by atoms with van der Waals surface area (Å²) in [5, 5.41) is 2.99. The van der Waals surface area contributed by atoms with Crippen LogP contribution in [0.25, 0.3) is 22.4 Å². The van der Waals surface area contributed by atoms with Crippen molar-refractivity contribution >= 4 is 28.5 Å². The zero-order valence-electron chi connectivity index (χ0n) is 19.8. The van der Waals surface area contributed by atoms with Gasteiger partial charge in [-0.1, -0.05) is 75.6 Å². The summed E-state index contributed by atoms with van der Waals surface area (Å²) in [5.74, 6) is 1.86. The lowest BCUT2D eigenvalue weighted by Crippen LogP contribution is -2.22. The number of hydrogen-bond donors (Lipinski definition) is 2. The maximum atomic E-state index is 12.9. The van der Waals surface area contributed by atoms with Gasteiger partial charge in [0.15, 0.2) is 5.78 Å². The van der Waals surface area contributed by atoms with Crippen LogP contribution in [0.1, 0.15) is 87.4 Å². The van der Waals surface area contributed by atoms with E-state index >= 15 is 0 Å². The lowest BCUT2D eigenvalue weighted by molar-refractivity contribution is -0.120. The van der Waals surface area contributed by atoms with Crippen molar-refractivity contribution in [2.45, 2.75) is 77.0 Å². The molecule has 2 aromatic heterocycles. The molecule has 5 rings (SSSR count). The van der Waals surface area contributed by atoms with Crippen LogP contribution in [-0.4, -0.2) is 26.6 Å². The first-order valence-corrected chi connectivity index (χ1v) is 13.0. The van der Waals surface area contributed by atoms with Crippen molar-refractivity contribution in [1.29, 1.82) is 0 Å². The van der Waals surface area contributed by atoms with Gasteiger partial charge in [0.1, 0.15) is 11.6 Å². The average molecular weight is 459 g/mol. The first kappa shape index (κ1) is 22.8. The topological polar surface area (TPSA) is 87.7 Å². The Balaban J connectivity index is 1.28. The Labute approximate surface area is 201 Å². The van der Waals surface area contributed by atoms with E-state index in [1.54, 1.807) is 6.20 Å². The molecule has 2 aliphatic rings. The van der Waals surface area contributed by atoms with Crippen LogP contribution in [0.4, 0.5) is 5.82 Å². The summed E-state index contributed by atoms with van der Waals surface area (Å²) in [6.07, 6.45) is 15.2. The van der Waals surface area contributed by atoms with Crippen LogP contribution in [0.5, 0.6) is 0 Å². The average Bonchev–Trinajstić information content (AvgIpc) is 3.05. The third kappa shape index (κ3) is 5.21. The molecule has 2 fully saturated rings. The molecule has 0 spiro atoms. The minimum atomic E-state index is 0.0680. The maximum Gasteiger partial charge on any atom is 0.228 e. The van der Waals surface area contributed by atoms with Gasteiger partial charge in [-0.3, -0.25) is 9.59 Å². The van der Waals surface area contributed by atoms with Gasteiger partial charge in [0.25, 0.3) is 0 Å². The van der Waals surface area contributed by atoms with E-state index in [9.17, 15) is 9.59 Å². The highest BCUT2D eigenvalue weighted by atomic mass is 16.2. The minimum Gasteiger partial charge on any atom is -0.337 e. The number of benzene rings is 1. The van der Waals surface area contributed by atoms with Crippen molar-refractivity contribution in [3.63, 3.8) is 0 Å². The molecular weight excluding hydrogens is 424 g/mol. The Morgan fingerprint density at radius 3 is 2.09 bits per heavy atom. The molecule has 0 aliphatic heterocycles. The normalized spacial score (nSPS) is 18.4. The van der Waals surface area contributed by atoms with E-state index in [1.165, 1.54) is 25.7 Å². The second-order valence-corrected chi connectivity index (χ2v) is 9.98. The molecule has 3 aromatic rings. The first-order valence-electron chi connectivity index (χ1n) is 13.0. The molecule has 0 bridgehead atoms. The quantitative estimate of drug-likeness (QED) is 0.329. The summed E-state index contributed by atoms with van der Waals surface area (Å²) >= 11 is 0. The zero-order chi connectivity index (χ0) is 23.3. The summed E-state index contributed by atoms with van der Waals surface area (Å²) in [6, 6.07) is 9.60. The molecule has 0 saturated heterocycles.